The van der Waals surface area contributed by atoms with Gasteiger partial charge in [0.2, 0.25) is 11.9 Å². The summed E-state index contributed by atoms with van der Waals surface area (Å²) in [7, 11) is 0. The van der Waals surface area contributed by atoms with E-state index in [1.54, 1.807) is 4.68 Å². The van der Waals surface area contributed by atoms with E-state index in [0.29, 0.717) is 18.4 Å². The third kappa shape index (κ3) is 3.09. The van der Waals surface area contributed by atoms with Gasteiger partial charge in [0, 0.05) is 6.54 Å². The SMILES string of the molecule is CCc1ccc(CNc2nc(N)n(-c3ccccc3)n2)cc1. The van der Waals surface area contributed by atoms with Crippen LogP contribution in [0.4, 0.5) is 11.9 Å². The van der Waals surface area contributed by atoms with Crippen LogP contribution in [-0.4, -0.2) is 14.8 Å². The first-order valence-corrected chi connectivity index (χ1v) is 7.36. The summed E-state index contributed by atoms with van der Waals surface area (Å²) in [5.41, 5.74) is 9.35. The Bertz CT molecular complexity index is 732. The Balaban J connectivity index is 1.71. The molecule has 0 aliphatic carbocycles. The molecule has 0 spiro atoms. The highest BCUT2D eigenvalue weighted by molar-refractivity contribution is 5.42. The first-order valence-electron chi connectivity index (χ1n) is 7.36. The van der Waals surface area contributed by atoms with E-state index >= 15 is 0 Å². The maximum Gasteiger partial charge on any atom is 0.244 e. The van der Waals surface area contributed by atoms with Crippen molar-refractivity contribution in [3.8, 4) is 5.69 Å². The van der Waals surface area contributed by atoms with Gasteiger partial charge in [-0.2, -0.15) is 9.67 Å². The number of aryl methyl sites for hydroxylation is 1. The molecule has 1 aromatic heterocycles. The van der Waals surface area contributed by atoms with E-state index in [9.17, 15) is 0 Å². The molecule has 5 nitrogen and oxygen atoms in total. The molecular weight excluding hydrogens is 274 g/mol. The molecule has 2 aromatic carbocycles. The average molecular weight is 293 g/mol. The molecule has 5 heteroatoms. The van der Waals surface area contributed by atoms with Gasteiger partial charge in [-0.15, -0.1) is 5.10 Å². The summed E-state index contributed by atoms with van der Waals surface area (Å²) < 4.78 is 1.63. The highest BCUT2D eigenvalue weighted by atomic mass is 15.4. The van der Waals surface area contributed by atoms with Gasteiger partial charge in [-0.3, -0.25) is 0 Å². The summed E-state index contributed by atoms with van der Waals surface area (Å²) in [5, 5.41) is 7.60. The smallest absolute Gasteiger partial charge is 0.244 e. The average Bonchev–Trinajstić information content (AvgIpc) is 2.95. The first kappa shape index (κ1) is 14.1. The summed E-state index contributed by atoms with van der Waals surface area (Å²) in [6, 6.07) is 18.2. The number of nitrogen functional groups attached to an aromatic ring is 1. The van der Waals surface area contributed by atoms with E-state index in [1.807, 2.05) is 30.3 Å². The zero-order valence-electron chi connectivity index (χ0n) is 12.5. The zero-order valence-corrected chi connectivity index (χ0v) is 12.5. The van der Waals surface area contributed by atoms with Crippen molar-refractivity contribution < 1.29 is 0 Å². The lowest BCUT2D eigenvalue weighted by molar-refractivity contribution is 0.887. The number of nitrogens with two attached hydrogens (primary N) is 1. The number of anilines is 2. The normalized spacial score (nSPS) is 10.6. The Labute approximate surface area is 129 Å². The Morgan fingerprint density at radius 1 is 1.00 bits per heavy atom. The molecule has 0 fully saturated rings. The standard InChI is InChI=1S/C17H19N5/c1-2-13-8-10-14(11-9-13)12-19-17-20-16(18)22(21-17)15-6-4-3-5-7-15/h3-11H,2,12H2,1H3,(H3,18,19,20,21). The van der Waals surface area contributed by atoms with Crippen LogP contribution in [0.15, 0.2) is 54.6 Å². The van der Waals surface area contributed by atoms with Crippen molar-refractivity contribution in [1.82, 2.24) is 14.8 Å². The van der Waals surface area contributed by atoms with Gasteiger partial charge in [0.15, 0.2) is 0 Å². The maximum absolute atomic E-state index is 5.93. The minimum absolute atomic E-state index is 0.370. The summed E-state index contributed by atoms with van der Waals surface area (Å²) in [5.74, 6) is 0.899. The number of para-hydroxylation sites is 1. The quantitative estimate of drug-likeness (QED) is 0.758. The van der Waals surface area contributed by atoms with Gasteiger partial charge in [-0.05, 0) is 29.7 Å². The first-order chi connectivity index (χ1) is 10.8. The molecule has 0 aliphatic rings. The van der Waals surface area contributed by atoms with Crippen LogP contribution >= 0.6 is 0 Å². The van der Waals surface area contributed by atoms with Crippen LogP contribution in [0, 0.1) is 0 Å². The molecule has 0 atom stereocenters. The van der Waals surface area contributed by atoms with E-state index in [0.717, 1.165) is 12.1 Å². The summed E-state index contributed by atoms with van der Waals surface area (Å²) in [6.07, 6.45) is 1.05. The number of nitrogens with one attached hydrogen (secondary N) is 1. The minimum atomic E-state index is 0.370. The lowest BCUT2D eigenvalue weighted by atomic mass is 10.1. The lowest BCUT2D eigenvalue weighted by Gasteiger charge is -2.03. The van der Waals surface area contributed by atoms with Gasteiger partial charge < -0.3 is 11.1 Å². The number of hydrogen-bond acceptors (Lipinski definition) is 4. The fourth-order valence-electron chi connectivity index (χ4n) is 2.23. The molecule has 0 radical (unpaired) electrons. The predicted molar refractivity (Wildman–Crippen MR) is 88.9 cm³/mol. The van der Waals surface area contributed by atoms with Gasteiger partial charge in [0.25, 0.3) is 0 Å². The predicted octanol–water partition coefficient (Wildman–Crippen LogP) is 3.02. The second-order valence-corrected chi connectivity index (χ2v) is 5.06. The molecule has 3 rings (SSSR count). The third-order valence-corrected chi connectivity index (χ3v) is 3.51. The molecule has 3 N–H and O–H groups in total. The van der Waals surface area contributed by atoms with Crippen LogP contribution in [0.2, 0.25) is 0 Å². The third-order valence-electron chi connectivity index (χ3n) is 3.51. The van der Waals surface area contributed by atoms with Crippen LogP contribution < -0.4 is 11.1 Å². The van der Waals surface area contributed by atoms with E-state index < -0.39 is 0 Å². The number of hydrogen-bond donors (Lipinski definition) is 2. The molecule has 0 amide bonds. The van der Waals surface area contributed by atoms with Crippen LogP contribution in [0.1, 0.15) is 18.1 Å². The molecule has 0 aliphatic heterocycles. The highest BCUT2D eigenvalue weighted by Crippen LogP contribution is 2.14. The van der Waals surface area contributed by atoms with Crippen molar-refractivity contribution in [2.24, 2.45) is 0 Å². The van der Waals surface area contributed by atoms with Gasteiger partial charge in [-0.25, -0.2) is 0 Å². The number of nitrogens with zero attached hydrogens (tertiary/aromatic N) is 3. The van der Waals surface area contributed by atoms with Crippen LogP contribution in [0.5, 0.6) is 0 Å². The highest BCUT2D eigenvalue weighted by Gasteiger charge is 2.08. The topological polar surface area (TPSA) is 68.8 Å². The fourth-order valence-corrected chi connectivity index (χ4v) is 2.23. The maximum atomic E-state index is 5.93. The molecule has 22 heavy (non-hydrogen) atoms. The Kier molecular flexibility index (Phi) is 4.05. The van der Waals surface area contributed by atoms with Crippen LogP contribution in [0.25, 0.3) is 5.69 Å². The molecule has 0 saturated heterocycles. The van der Waals surface area contributed by atoms with Crippen molar-refractivity contribution in [2.75, 3.05) is 11.1 Å². The summed E-state index contributed by atoms with van der Waals surface area (Å²) in [4.78, 5) is 4.25. The Morgan fingerprint density at radius 2 is 1.68 bits per heavy atom. The van der Waals surface area contributed by atoms with Gasteiger partial charge in [0.05, 0.1) is 5.69 Å². The number of rotatable bonds is 5. The molecule has 112 valence electrons. The minimum Gasteiger partial charge on any atom is -0.368 e. The zero-order chi connectivity index (χ0) is 15.4. The molecular formula is C17H19N5. The number of benzene rings is 2. The largest absolute Gasteiger partial charge is 0.368 e. The van der Waals surface area contributed by atoms with Crippen molar-refractivity contribution in [3.63, 3.8) is 0 Å². The van der Waals surface area contributed by atoms with Gasteiger partial charge >= 0.3 is 0 Å². The van der Waals surface area contributed by atoms with Gasteiger partial charge in [-0.1, -0.05) is 49.4 Å². The van der Waals surface area contributed by atoms with E-state index in [4.69, 9.17) is 5.73 Å². The number of aromatic nitrogens is 3. The van der Waals surface area contributed by atoms with Crippen molar-refractivity contribution >= 4 is 11.9 Å². The monoisotopic (exact) mass is 293 g/mol. The van der Waals surface area contributed by atoms with E-state index in [-0.39, 0.29) is 0 Å². The second-order valence-electron chi connectivity index (χ2n) is 5.06. The Hall–Kier alpha value is -2.82. The van der Waals surface area contributed by atoms with Crippen LogP contribution in [-0.2, 0) is 13.0 Å². The molecule has 0 unspecified atom stereocenters. The van der Waals surface area contributed by atoms with Crippen molar-refractivity contribution in [3.05, 3.63) is 65.7 Å². The molecule has 0 bridgehead atoms. The Morgan fingerprint density at radius 3 is 2.36 bits per heavy atom. The van der Waals surface area contributed by atoms with Crippen LogP contribution in [0.3, 0.4) is 0 Å². The van der Waals surface area contributed by atoms with E-state index in [2.05, 4.69) is 46.6 Å². The lowest BCUT2D eigenvalue weighted by Crippen LogP contribution is -2.03. The molecule has 1 heterocycles. The summed E-state index contributed by atoms with van der Waals surface area (Å²) >= 11 is 0. The van der Waals surface area contributed by atoms with Gasteiger partial charge in [0.1, 0.15) is 0 Å². The second kappa shape index (κ2) is 6.30. The van der Waals surface area contributed by atoms with Crippen molar-refractivity contribution in [1.29, 1.82) is 0 Å². The van der Waals surface area contributed by atoms with E-state index in [1.165, 1.54) is 11.1 Å². The molecule has 0 saturated carbocycles. The fraction of sp³-hybridized carbons (Fsp3) is 0.176. The van der Waals surface area contributed by atoms with Crippen molar-refractivity contribution in [2.45, 2.75) is 19.9 Å². The molecule has 3 aromatic rings. The summed E-state index contributed by atoms with van der Waals surface area (Å²) in [6.45, 7) is 2.82.